The van der Waals surface area contributed by atoms with Crippen molar-refractivity contribution in [2.75, 3.05) is 0 Å². The van der Waals surface area contributed by atoms with E-state index < -0.39 is 6.10 Å². The first-order valence-corrected chi connectivity index (χ1v) is 7.62. The molecule has 112 valence electrons. The number of aryl methyl sites for hydroxylation is 2. The highest BCUT2D eigenvalue weighted by molar-refractivity contribution is 5.36. The van der Waals surface area contributed by atoms with Gasteiger partial charge in [0.2, 0.25) is 0 Å². The van der Waals surface area contributed by atoms with Gasteiger partial charge in [0, 0.05) is 6.42 Å². The highest BCUT2D eigenvalue weighted by Gasteiger charge is 2.21. The Labute approximate surface area is 128 Å². The minimum atomic E-state index is -0.456. The Morgan fingerprint density at radius 2 is 1.62 bits per heavy atom. The van der Waals surface area contributed by atoms with Crippen molar-refractivity contribution in [2.45, 2.75) is 52.6 Å². The van der Waals surface area contributed by atoms with Crippen molar-refractivity contribution in [3.8, 4) is 0 Å². The van der Waals surface area contributed by atoms with Crippen molar-refractivity contribution in [3.63, 3.8) is 0 Å². The molecular formula is C20H26O. The van der Waals surface area contributed by atoms with Crippen molar-refractivity contribution in [2.24, 2.45) is 0 Å². The molecule has 2 rings (SSSR count). The minimum absolute atomic E-state index is 0.0424. The molecule has 2 aromatic rings. The van der Waals surface area contributed by atoms with Crippen LogP contribution in [0, 0.1) is 13.8 Å². The van der Waals surface area contributed by atoms with Gasteiger partial charge in [-0.3, -0.25) is 0 Å². The topological polar surface area (TPSA) is 20.2 Å². The molecule has 2 aromatic carbocycles. The fraction of sp³-hybridized carbons (Fsp3) is 0.400. The van der Waals surface area contributed by atoms with Gasteiger partial charge in [-0.15, -0.1) is 0 Å². The Morgan fingerprint density at radius 3 is 2.24 bits per heavy atom. The molecule has 0 amide bonds. The van der Waals surface area contributed by atoms with Crippen LogP contribution in [0.1, 0.15) is 54.7 Å². The Kier molecular flexibility index (Phi) is 4.53. The normalized spacial score (nSPS) is 13.2. The first-order chi connectivity index (χ1) is 9.79. The number of rotatable bonds is 3. The van der Waals surface area contributed by atoms with Crippen LogP contribution < -0.4 is 0 Å². The van der Waals surface area contributed by atoms with E-state index in [0.29, 0.717) is 6.42 Å². The smallest absolute Gasteiger partial charge is 0.0833 e. The summed E-state index contributed by atoms with van der Waals surface area (Å²) < 4.78 is 0. The van der Waals surface area contributed by atoms with Crippen molar-refractivity contribution >= 4 is 0 Å². The lowest BCUT2D eigenvalue weighted by Gasteiger charge is -2.25. The summed E-state index contributed by atoms with van der Waals surface area (Å²) in [5, 5.41) is 10.7. The van der Waals surface area contributed by atoms with Crippen LogP contribution >= 0.6 is 0 Å². The maximum absolute atomic E-state index is 10.7. The summed E-state index contributed by atoms with van der Waals surface area (Å²) in [6.07, 6.45) is 0.205. The van der Waals surface area contributed by atoms with Crippen LogP contribution in [0.4, 0.5) is 0 Å². The molecule has 1 nitrogen and oxygen atoms in total. The number of hydrogen-bond donors (Lipinski definition) is 1. The summed E-state index contributed by atoms with van der Waals surface area (Å²) >= 11 is 0. The minimum Gasteiger partial charge on any atom is -0.388 e. The van der Waals surface area contributed by atoms with Gasteiger partial charge in [0.25, 0.3) is 0 Å². The van der Waals surface area contributed by atoms with Crippen molar-refractivity contribution in [1.29, 1.82) is 0 Å². The van der Waals surface area contributed by atoms with Gasteiger partial charge >= 0.3 is 0 Å². The molecule has 1 N–H and O–H groups in total. The summed E-state index contributed by atoms with van der Waals surface area (Å²) in [5.41, 5.74) is 6.08. The van der Waals surface area contributed by atoms with Crippen LogP contribution in [0.3, 0.4) is 0 Å². The van der Waals surface area contributed by atoms with Crippen LogP contribution in [-0.2, 0) is 11.8 Å². The molecular weight excluding hydrogens is 256 g/mol. The third kappa shape index (κ3) is 3.74. The standard InChI is InChI=1S/C20H26O/c1-14-10-11-16(12-15(14)2)13-19(21)17-8-6-7-9-18(17)20(3,4)5/h6-12,19,21H,13H2,1-5H3. The average Bonchev–Trinajstić information content (AvgIpc) is 2.42. The second-order valence-corrected chi connectivity index (χ2v) is 6.98. The van der Waals surface area contributed by atoms with Crippen molar-refractivity contribution in [3.05, 3.63) is 70.3 Å². The molecule has 0 aromatic heterocycles. The van der Waals surface area contributed by atoms with Gasteiger partial charge in [-0.05, 0) is 47.1 Å². The van der Waals surface area contributed by atoms with Crippen LogP contribution in [0.15, 0.2) is 42.5 Å². The van der Waals surface area contributed by atoms with E-state index in [0.717, 1.165) is 5.56 Å². The first-order valence-electron chi connectivity index (χ1n) is 7.62. The van der Waals surface area contributed by atoms with Crippen LogP contribution in [0.5, 0.6) is 0 Å². The van der Waals surface area contributed by atoms with Crippen molar-refractivity contribution in [1.82, 2.24) is 0 Å². The zero-order valence-corrected chi connectivity index (χ0v) is 13.8. The molecule has 0 saturated carbocycles. The number of hydrogen-bond acceptors (Lipinski definition) is 1. The largest absolute Gasteiger partial charge is 0.388 e. The SMILES string of the molecule is Cc1ccc(CC(O)c2ccccc2C(C)(C)C)cc1C. The molecule has 1 unspecified atom stereocenters. The second kappa shape index (κ2) is 6.03. The molecule has 0 saturated heterocycles. The summed E-state index contributed by atoms with van der Waals surface area (Å²) in [5.74, 6) is 0. The Morgan fingerprint density at radius 1 is 0.952 bits per heavy atom. The lowest BCUT2D eigenvalue weighted by molar-refractivity contribution is 0.176. The summed E-state index contributed by atoms with van der Waals surface area (Å²) in [4.78, 5) is 0. The predicted molar refractivity (Wildman–Crippen MR) is 89.7 cm³/mol. The van der Waals surface area contributed by atoms with Gasteiger partial charge in [-0.1, -0.05) is 63.2 Å². The van der Waals surface area contributed by atoms with Gasteiger partial charge in [0.05, 0.1) is 6.10 Å². The fourth-order valence-corrected chi connectivity index (χ4v) is 2.73. The Hall–Kier alpha value is -1.60. The van der Waals surface area contributed by atoms with E-state index >= 15 is 0 Å². The molecule has 0 radical (unpaired) electrons. The van der Waals surface area contributed by atoms with Crippen LogP contribution in [0.25, 0.3) is 0 Å². The van der Waals surface area contributed by atoms with E-state index in [9.17, 15) is 5.11 Å². The first kappa shape index (κ1) is 15.8. The predicted octanol–water partition coefficient (Wildman–Crippen LogP) is 4.88. The van der Waals surface area contributed by atoms with Gasteiger partial charge < -0.3 is 5.11 Å². The molecule has 0 bridgehead atoms. The maximum Gasteiger partial charge on any atom is 0.0833 e. The number of benzene rings is 2. The van der Waals surface area contributed by atoms with Gasteiger partial charge in [-0.2, -0.15) is 0 Å². The summed E-state index contributed by atoms with van der Waals surface area (Å²) in [6.45, 7) is 10.8. The monoisotopic (exact) mass is 282 g/mol. The quantitative estimate of drug-likeness (QED) is 0.851. The third-order valence-corrected chi connectivity index (χ3v) is 4.13. The molecule has 1 atom stereocenters. The second-order valence-electron chi connectivity index (χ2n) is 6.98. The number of aliphatic hydroxyl groups is 1. The van der Waals surface area contributed by atoms with Crippen LogP contribution in [0.2, 0.25) is 0 Å². The maximum atomic E-state index is 10.7. The lowest BCUT2D eigenvalue weighted by Crippen LogP contribution is -2.17. The highest BCUT2D eigenvalue weighted by atomic mass is 16.3. The van der Waals surface area contributed by atoms with Gasteiger partial charge in [0.15, 0.2) is 0 Å². The van der Waals surface area contributed by atoms with E-state index in [-0.39, 0.29) is 5.41 Å². The summed E-state index contributed by atoms with van der Waals surface area (Å²) in [6, 6.07) is 14.7. The van der Waals surface area contributed by atoms with Gasteiger partial charge in [0.1, 0.15) is 0 Å². The molecule has 0 fully saturated rings. The fourth-order valence-electron chi connectivity index (χ4n) is 2.73. The van der Waals surface area contributed by atoms with E-state index in [1.807, 2.05) is 18.2 Å². The van der Waals surface area contributed by atoms with E-state index in [1.165, 1.54) is 22.3 Å². The Balaban J connectivity index is 2.28. The molecule has 0 aliphatic carbocycles. The van der Waals surface area contributed by atoms with E-state index in [2.05, 4.69) is 58.9 Å². The molecule has 0 aliphatic rings. The molecule has 1 heteroatoms. The summed E-state index contributed by atoms with van der Waals surface area (Å²) in [7, 11) is 0. The highest BCUT2D eigenvalue weighted by Crippen LogP contribution is 2.31. The van der Waals surface area contributed by atoms with E-state index in [4.69, 9.17) is 0 Å². The lowest BCUT2D eigenvalue weighted by atomic mass is 9.81. The third-order valence-electron chi connectivity index (χ3n) is 4.13. The number of aliphatic hydroxyl groups excluding tert-OH is 1. The average molecular weight is 282 g/mol. The molecule has 21 heavy (non-hydrogen) atoms. The van der Waals surface area contributed by atoms with Gasteiger partial charge in [-0.25, -0.2) is 0 Å². The van der Waals surface area contributed by atoms with E-state index in [1.54, 1.807) is 0 Å². The zero-order valence-electron chi connectivity index (χ0n) is 13.8. The molecule has 0 aliphatic heterocycles. The molecule has 0 heterocycles. The molecule has 0 spiro atoms. The zero-order chi connectivity index (χ0) is 15.6. The Bertz CT molecular complexity index is 620. The van der Waals surface area contributed by atoms with Crippen LogP contribution in [-0.4, -0.2) is 5.11 Å². The van der Waals surface area contributed by atoms with Crippen molar-refractivity contribution < 1.29 is 5.11 Å².